The summed E-state index contributed by atoms with van der Waals surface area (Å²) in [7, 11) is 0. The van der Waals surface area contributed by atoms with Gasteiger partial charge in [0, 0.05) is 17.5 Å². The number of likely N-dealkylation sites (tertiary alicyclic amines) is 1. The molecule has 3 atom stereocenters. The van der Waals surface area contributed by atoms with E-state index < -0.39 is 36.4 Å². The van der Waals surface area contributed by atoms with Gasteiger partial charge in [0.15, 0.2) is 6.61 Å². The number of unbranched alkanes of at least 4 members (excludes halogenated alkanes) is 1. The maximum Gasteiger partial charge on any atom is 0.329 e. The quantitative estimate of drug-likeness (QED) is 0.326. The first-order valence-corrected chi connectivity index (χ1v) is 14.0. The summed E-state index contributed by atoms with van der Waals surface area (Å²) in [5, 5.41) is 2.75. The van der Waals surface area contributed by atoms with E-state index in [9.17, 15) is 19.2 Å². The SMILES string of the molecule is CCCC[C@H](C(=O)OCC(=O)Nc1ccccc1C)N1C(=O)[C@@H]2C3c4ccccc4C(c4ccccc43)[C@H]2C1=O. The van der Waals surface area contributed by atoms with Gasteiger partial charge < -0.3 is 10.1 Å². The van der Waals surface area contributed by atoms with Crippen LogP contribution in [-0.2, 0) is 23.9 Å². The van der Waals surface area contributed by atoms with Crippen LogP contribution in [0.4, 0.5) is 5.69 Å². The molecule has 0 aromatic heterocycles. The fraction of sp³-hybridized carbons (Fsp3) is 0.333. The van der Waals surface area contributed by atoms with Gasteiger partial charge in [-0.1, -0.05) is 86.5 Å². The van der Waals surface area contributed by atoms with Crippen molar-refractivity contribution in [1.29, 1.82) is 0 Å². The lowest BCUT2D eigenvalue weighted by Crippen LogP contribution is -2.47. The Labute approximate surface area is 233 Å². The normalized spacial score (nSPS) is 22.8. The van der Waals surface area contributed by atoms with Crippen LogP contribution < -0.4 is 5.32 Å². The molecule has 0 saturated carbocycles. The van der Waals surface area contributed by atoms with Crippen LogP contribution in [0.15, 0.2) is 72.8 Å². The second kappa shape index (κ2) is 10.4. The van der Waals surface area contributed by atoms with E-state index in [1.807, 2.05) is 56.3 Å². The van der Waals surface area contributed by atoms with Gasteiger partial charge >= 0.3 is 5.97 Å². The molecule has 0 spiro atoms. The molecule has 1 N–H and O–H groups in total. The fourth-order valence-electron chi connectivity index (χ4n) is 6.89. The Morgan fingerprint density at radius 3 is 1.82 bits per heavy atom. The van der Waals surface area contributed by atoms with E-state index in [0.717, 1.165) is 34.2 Å². The molecule has 3 amide bonds. The number of nitrogens with one attached hydrogen (secondary N) is 1. The van der Waals surface area contributed by atoms with Gasteiger partial charge in [0.25, 0.3) is 5.91 Å². The number of anilines is 1. The first-order chi connectivity index (χ1) is 19.4. The van der Waals surface area contributed by atoms with Crippen LogP contribution in [0.5, 0.6) is 0 Å². The lowest BCUT2D eigenvalue weighted by molar-refractivity contribution is -0.160. The van der Waals surface area contributed by atoms with E-state index in [2.05, 4.69) is 29.6 Å². The number of amides is 3. The van der Waals surface area contributed by atoms with Crippen LogP contribution in [-0.4, -0.2) is 41.2 Å². The topological polar surface area (TPSA) is 92.8 Å². The monoisotopic (exact) mass is 536 g/mol. The summed E-state index contributed by atoms with van der Waals surface area (Å²) in [6.07, 6.45) is 1.71. The van der Waals surface area contributed by atoms with Crippen molar-refractivity contribution < 1.29 is 23.9 Å². The van der Waals surface area contributed by atoms with E-state index in [-0.39, 0.29) is 23.7 Å². The van der Waals surface area contributed by atoms with Crippen LogP contribution in [0.3, 0.4) is 0 Å². The largest absolute Gasteiger partial charge is 0.454 e. The van der Waals surface area contributed by atoms with Crippen molar-refractivity contribution in [2.24, 2.45) is 11.8 Å². The first kappa shape index (κ1) is 26.0. The Morgan fingerprint density at radius 1 is 0.825 bits per heavy atom. The van der Waals surface area contributed by atoms with Gasteiger partial charge in [-0.3, -0.25) is 19.3 Å². The number of hydrogen-bond acceptors (Lipinski definition) is 5. The molecule has 3 aliphatic carbocycles. The van der Waals surface area contributed by atoms with Crippen LogP contribution in [0.2, 0.25) is 0 Å². The zero-order valence-corrected chi connectivity index (χ0v) is 22.6. The summed E-state index contributed by atoms with van der Waals surface area (Å²) < 4.78 is 5.43. The van der Waals surface area contributed by atoms with Gasteiger partial charge in [0.05, 0.1) is 11.8 Å². The molecule has 1 aliphatic heterocycles. The number of imide groups is 1. The van der Waals surface area contributed by atoms with E-state index in [1.54, 1.807) is 6.07 Å². The smallest absolute Gasteiger partial charge is 0.329 e. The van der Waals surface area contributed by atoms with Crippen LogP contribution >= 0.6 is 0 Å². The van der Waals surface area contributed by atoms with Crippen molar-refractivity contribution in [2.75, 3.05) is 11.9 Å². The highest BCUT2D eigenvalue weighted by Gasteiger charge is 2.63. The molecule has 40 heavy (non-hydrogen) atoms. The van der Waals surface area contributed by atoms with Gasteiger partial charge in [-0.25, -0.2) is 4.79 Å². The van der Waals surface area contributed by atoms with Gasteiger partial charge in [-0.05, 0) is 47.2 Å². The van der Waals surface area contributed by atoms with Crippen molar-refractivity contribution in [1.82, 2.24) is 4.90 Å². The number of rotatable bonds is 8. The number of aryl methyl sites for hydroxylation is 1. The predicted molar refractivity (Wildman–Crippen MR) is 149 cm³/mol. The van der Waals surface area contributed by atoms with Gasteiger partial charge in [0.1, 0.15) is 6.04 Å². The third-order valence-corrected chi connectivity index (χ3v) is 8.66. The Hall–Kier alpha value is -4.26. The summed E-state index contributed by atoms with van der Waals surface area (Å²) in [4.78, 5) is 55.4. The minimum atomic E-state index is -1.07. The summed E-state index contributed by atoms with van der Waals surface area (Å²) >= 11 is 0. The third-order valence-electron chi connectivity index (χ3n) is 8.66. The van der Waals surface area contributed by atoms with Gasteiger partial charge in [-0.15, -0.1) is 0 Å². The minimum Gasteiger partial charge on any atom is -0.454 e. The molecule has 3 aromatic rings. The summed E-state index contributed by atoms with van der Waals surface area (Å²) in [6.45, 7) is 3.36. The van der Waals surface area contributed by atoms with Gasteiger partial charge in [0.2, 0.25) is 11.8 Å². The molecular formula is C33H32N2O5. The molecule has 3 aromatic carbocycles. The predicted octanol–water partition coefficient (Wildman–Crippen LogP) is 4.93. The van der Waals surface area contributed by atoms with E-state index in [0.29, 0.717) is 18.5 Å². The van der Waals surface area contributed by atoms with Crippen molar-refractivity contribution in [3.63, 3.8) is 0 Å². The molecule has 0 unspecified atom stereocenters. The van der Waals surface area contributed by atoms with Crippen molar-refractivity contribution in [3.8, 4) is 0 Å². The molecule has 2 bridgehead atoms. The second-order valence-corrected chi connectivity index (χ2v) is 10.9. The summed E-state index contributed by atoms with van der Waals surface area (Å²) in [5.41, 5.74) is 5.84. The van der Waals surface area contributed by atoms with Crippen molar-refractivity contribution in [3.05, 3.63) is 101 Å². The summed E-state index contributed by atoms with van der Waals surface area (Å²) in [5.74, 6) is -3.47. The fourth-order valence-corrected chi connectivity index (χ4v) is 6.89. The number of esters is 1. The average molecular weight is 537 g/mol. The highest BCUT2D eigenvalue weighted by Crippen LogP contribution is 2.61. The number of carbonyl (C=O) groups excluding carboxylic acids is 4. The zero-order valence-electron chi connectivity index (χ0n) is 22.6. The molecule has 7 rings (SSSR count). The molecule has 1 heterocycles. The lowest BCUT2D eigenvalue weighted by Gasteiger charge is -2.45. The molecule has 7 heteroatoms. The molecule has 0 radical (unpaired) electrons. The number of ether oxygens (including phenoxy) is 1. The van der Waals surface area contributed by atoms with Crippen LogP contribution in [0.25, 0.3) is 0 Å². The lowest BCUT2D eigenvalue weighted by atomic mass is 9.55. The molecular weight excluding hydrogens is 504 g/mol. The highest BCUT2D eigenvalue weighted by atomic mass is 16.5. The average Bonchev–Trinajstić information content (AvgIpc) is 3.23. The van der Waals surface area contributed by atoms with E-state index in [1.165, 1.54) is 4.90 Å². The molecule has 1 saturated heterocycles. The Kier molecular flexibility index (Phi) is 6.74. The highest BCUT2D eigenvalue weighted by molar-refractivity contribution is 6.10. The standard InChI is InChI=1S/C33H32N2O5/c1-3-4-17-25(33(39)40-18-26(36)34-24-16-10-5-11-19(24)2)35-31(37)29-27-20-12-6-7-13-21(20)28(30(29)32(35)38)23-15-9-8-14-22(23)27/h5-16,25,27-30H,3-4,17-18H2,1-2H3,(H,34,36)/t25-,27?,28?,29-,30-/m1/s1. The molecule has 7 nitrogen and oxygen atoms in total. The van der Waals surface area contributed by atoms with E-state index >= 15 is 0 Å². The van der Waals surface area contributed by atoms with Crippen molar-refractivity contribution >= 4 is 29.4 Å². The molecule has 4 aliphatic rings. The Balaban J connectivity index is 1.27. The van der Waals surface area contributed by atoms with Gasteiger partial charge in [-0.2, -0.15) is 0 Å². The molecule has 204 valence electrons. The van der Waals surface area contributed by atoms with Crippen LogP contribution in [0, 0.1) is 18.8 Å². The minimum absolute atomic E-state index is 0.244. The first-order valence-electron chi connectivity index (χ1n) is 14.0. The number of nitrogens with zero attached hydrogens (tertiary/aromatic N) is 1. The number of para-hydroxylation sites is 1. The number of hydrogen-bond donors (Lipinski definition) is 1. The Bertz CT molecular complexity index is 1400. The van der Waals surface area contributed by atoms with E-state index in [4.69, 9.17) is 4.74 Å². The molecule has 1 fully saturated rings. The van der Waals surface area contributed by atoms with Crippen LogP contribution in [0.1, 0.15) is 65.8 Å². The second-order valence-electron chi connectivity index (χ2n) is 10.9. The maximum absolute atomic E-state index is 14.1. The summed E-state index contributed by atoms with van der Waals surface area (Å²) in [6, 6.07) is 22.3. The maximum atomic E-state index is 14.1. The third kappa shape index (κ3) is 4.12. The van der Waals surface area contributed by atoms with Crippen molar-refractivity contribution in [2.45, 2.75) is 51.0 Å². The zero-order chi connectivity index (χ0) is 28.0. The Morgan fingerprint density at radius 2 is 1.32 bits per heavy atom. The number of benzene rings is 3. The number of carbonyl (C=O) groups is 4.